The van der Waals surface area contributed by atoms with E-state index in [2.05, 4.69) is 10.1 Å². The topological polar surface area (TPSA) is 47.3 Å². The molecule has 0 aliphatic rings. The lowest BCUT2D eigenvalue weighted by atomic mass is 10.0. The molecule has 0 atom stereocenters. The molecule has 0 spiro atoms. The number of carbonyl (C=O) groups excluding carboxylic acids is 1. The molecule has 2 heterocycles. The first-order valence-electron chi connectivity index (χ1n) is 7.43. The van der Waals surface area contributed by atoms with Gasteiger partial charge in [-0.3, -0.25) is 4.79 Å². The van der Waals surface area contributed by atoms with Gasteiger partial charge in [-0.05, 0) is 24.1 Å². The molecule has 1 aromatic carbocycles. The van der Waals surface area contributed by atoms with E-state index in [-0.39, 0.29) is 17.2 Å². The van der Waals surface area contributed by atoms with Gasteiger partial charge >= 0.3 is 6.18 Å². The van der Waals surface area contributed by atoms with E-state index >= 15 is 0 Å². The van der Waals surface area contributed by atoms with Crippen LogP contribution in [0.3, 0.4) is 0 Å². The van der Waals surface area contributed by atoms with Crippen molar-refractivity contribution in [2.45, 2.75) is 25.9 Å². The minimum Gasteiger partial charge on any atom is -0.296 e. The number of aromatic nitrogens is 3. The van der Waals surface area contributed by atoms with Crippen LogP contribution in [0.4, 0.5) is 17.6 Å². The zero-order valence-electron chi connectivity index (χ0n) is 13.3. The number of imidazole rings is 1. The van der Waals surface area contributed by atoms with E-state index in [0.717, 1.165) is 11.6 Å². The van der Waals surface area contributed by atoms with Crippen molar-refractivity contribution >= 4 is 11.9 Å². The van der Waals surface area contributed by atoms with Crippen molar-refractivity contribution in [1.29, 1.82) is 0 Å². The Labute approximate surface area is 140 Å². The van der Waals surface area contributed by atoms with Gasteiger partial charge in [-0.1, -0.05) is 19.9 Å². The number of hydrogen-bond acceptors (Lipinski definition) is 3. The molecular weight excluding hydrogens is 338 g/mol. The second kappa shape index (κ2) is 5.94. The lowest BCUT2D eigenvalue weighted by Gasteiger charge is -2.12. The van der Waals surface area contributed by atoms with Crippen molar-refractivity contribution in [1.82, 2.24) is 14.6 Å². The fourth-order valence-corrected chi connectivity index (χ4v) is 2.55. The number of aldehydes is 1. The van der Waals surface area contributed by atoms with Crippen LogP contribution < -0.4 is 0 Å². The Balaban J connectivity index is 2.19. The second-order valence-electron chi connectivity index (χ2n) is 5.88. The molecule has 130 valence electrons. The van der Waals surface area contributed by atoms with Gasteiger partial charge in [-0.2, -0.15) is 18.3 Å². The number of alkyl halides is 3. The van der Waals surface area contributed by atoms with Crippen molar-refractivity contribution in [2.24, 2.45) is 0 Å². The highest BCUT2D eigenvalue weighted by atomic mass is 19.4. The largest absolute Gasteiger partial charge is 0.419 e. The zero-order valence-corrected chi connectivity index (χ0v) is 13.3. The van der Waals surface area contributed by atoms with Gasteiger partial charge in [0.25, 0.3) is 0 Å². The molecule has 8 heteroatoms. The molecule has 3 rings (SSSR count). The number of benzene rings is 1. The molecule has 25 heavy (non-hydrogen) atoms. The molecular formula is C17H13F4N3O. The minimum absolute atomic E-state index is 0.0189. The Bertz CT molecular complexity index is 960. The van der Waals surface area contributed by atoms with Crippen molar-refractivity contribution < 1.29 is 22.4 Å². The van der Waals surface area contributed by atoms with Crippen molar-refractivity contribution in [3.63, 3.8) is 0 Å². The van der Waals surface area contributed by atoms with Crippen LogP contribution in [0.15, 0.2) is 30.5 Å². The van der Waals surface area contributed by atoms with Crippen LogP contribution in [0, 0.1) is 5.82 Å². The number of nitrogens with zero attached hydrogens (tertiary/aromatic N) is 3. The van der Waals surface area contributed by atoms with Crippen LogP contribution in [0.25, 0.3) is 16.9 Å². The number of hydrogen-bond donors (Lipinski definition) is 0. The van der Waals surface area contributed by atoms with Crippen LogP contribution >= 0.6 is 0 Å². The first kappa shape index (κ1) is 17.1. The number of halogens is 4. The van der Waals surface area contributed by atoms with Gasteiger partial charge in [0.05, 0.1) is 17.5 Å². The maximum atomic E-state index is 13.9. The fourth-order valence-electron chi connectivity index (χ4n) is 2.55. The summed E-state index contributed by atoms with van der Waals surface area (Å²) < 4.78 is 53.3. The Morgan fingerprint density at radius 3 is 2.48 bits per heavy atom. The van der Waals surface area contributed by atoms with E-state index in [9.17, 15) is 22.4 Å². The van der Waals surface area contributed by atoms with Gasteiger partial charge in [-0.15, -0.1) is 0 Å². The van der Waals surface area contributed by atoms with Gasteiger partial charge in [0.2, 0.25) is 0 Å². The predicted octanol–water partition coefficient (Wildman–Crippen LogP) is 4.49. The normalized spacial score (nSPS) is 12.1. The van der Waals surface area contributed by atoms with Crippen LogP contribution in [-0.2, 0) is 6.18 Å². The van der Waals surface area contributed by atoms with Gasteiger partial charge in [0.1, 0.15) is 11.5 Å². The standard InChI is InChI=1S/C17H13F4N3O/c1-9(2)12-6-15(23-24-7-11(8-25)22-16(12)24)10-3-4-13(14(18)5-10)17(19,20)21/h3-9H,1-2H3. The number of fused-ring (bicyclic) bond motifs is 1. The molecule has 0 unspecified atom stereocenters. The van der Waals surface area contributed by atoms with Crippen LogP contribution in [0.1, 0.15) is 41.4 Å². The summed E-state index contributed by atoms with van der Waals surface area (Å²) in [6.45, 7) is 3.81. The predicted molar refractivity (Wildman–Crippen MR) is 82.9 cm³/mol. The molecule has 0 aliphatic carbocycles. The Morgan fingerprint density at radius 2 is 1.92 bits per heavy atom. The molecule has 0 amide bonds. The Hall–Kier alpha value is -2.77. The summed E-state index contributed by atoms with van der Waals surface area (Å²) >= 11 is 0. The summed E-state index contributed by atoms with van der Waals surface area (Å²) in [5.41, 5.74) is 0.582. The van der Waals surface area contributed by atoms with E-state index < -0.39 is 17.6 Å². The number of rotatable bonds is 3. The van der Waals surface area contributed by atoms with Crippen molar-refractivity contribution in [3.8, 4) is 11.3 Å². The summed E-state index contributed by atoms with van der Waals surface area (Å²) in [4.78, 5) is 15.1. The molecule has 0 bridgehead atoms. The van der Waals surface area contributed by atoms with E-state index in [0.29, 0.717) is 23.7 Å². The smallest absolute Gasteiger partial charge is 0.296 e. The van der Waals surface area contributed by atoms with Gasteiger partial charge in [-0.25, -0.2) is 13.9 Å². The average molecular weight is 351 g/mol. The molecule has 2 aromatic heterocycles. The molecule has 0 N–H and O–H groups in total. The quantitative estimate of drug-likeness (QED) is 0.516. The summed E-state index contributed by atoms with van der Waals surface area (Å²) in [5, 5.41) is 4.24. The van der Waals surface area contributed by atoms with E-state index in [1.807, 2.05) is 13.8 Å². The monoisotopic (exact) mass is 351 g/mol. The maximum Gasteiger partial charge on any atom is 0.419 e. The lowest BCUT2D eigenvalue weighted by molar-refractivity contribution is -0.139. The van der Waals surface area contributed by atoms with Gasteiger partial charge < -0.3 is 0 Å². The summed E-state index contributed by atoms with van der Waals surface area (Å²) in [5.74, 6) is -1.34. The molecule has 0 aliphatic heterocycles. The van der Waals surface area contributed by atoms with Crippen LogP contribution in [0.5, 0.6) is 0 Å². The molecule has 0 saturated heterocycles. The third-order valence-corrected chi connectivity index (χ3v) is 3.79. The molecule has 0 fully saturated rings. The lowest BCUT2D eigenvalue weighted by Crippen LogP contribution is -2.08. The average Bonchev–Trinajstić information content (AvgIpc) is 2.95. The van der Waals surface area contributed by atoms with Crippen molar-refractivity contribution in [2.75, 3.05) is 0 Å². The minimum atomic E-state index is -4.76. The third kappa shape index (κ3) is 3.11. The molecule has 0 radical (unpaired) electrons. The van der Waals surface area contributed by atoms with E-state index in [4.69, 9.17) is 0 Å². The first-order chi connectivity index (χ1) is 11.7. The highest BCUT2D eigenvalue weighted by Gasteiger charge is 2.34. The summed E-state index contributed by atoms with van der Waals surface area (Å²) in [6, 6.07) is 4.31. The number of carbonyl (C=O) groups is 1. The second-order valence-corrected chi connectivity index (χ2v) is 5.88. The highest BCUT2D eigenvalue weighted by Crippen LogP contribution is 2.33. The summed E-state index contributed by atoms with van der Waals surface area (Å²) in [7, 11) is 0. The van der Waals surface area contributed by atoms with Gasteiger partial charge in [0, 0.05) is 11.1 Å². The third-order valence-electron chi connectivity index (χ3n) is 3.79. The maximum absolute atomic E-state index is 13.9. The summed E-state index contributed by atoms with van der Waals surface area (Å²) in [6.07, 6.45) is -2.76. The fraction of sp³-hybridized carbons (Fsp3) is 0.235. The Morgan fingerprint density at radius 1 is 1.20 bits per heavy atom. The zero-order chi connectivity index (χ0) is 18.4. The van der Waals surface area contributed by atoms with Gasteiger partial charge in [0.15, 0.2) is 11.9 Å². The van der Waals surface area contributed by atoms with Crippen LogP contribution in [-0.4, -0.2) is 20.9 Å². The van der Waals surface area contributed by atoms with E-state index in [1.165, 1.54) is 16.8 Å². The Kier molecular flexibility index (Phi) is 4.06. The molecule has 3 aromatic rings. The van der Waals surface area contributed by atoms with Crippen LogP contribution in [0.2, 0.25) is 0 Å². The molecule has 0 saturated carbocycles. The van der Waals surface area contributed by atoms with Crippen molar-refractivity contribution in [3.05, 3.63) is 53.1 Å². The highest BCUT2D eigenvalue weighted by molar-refractivity contribution is 5.74. The molecule has 4 nitrogen and oxygen atoms in total. The first-order valence-corrected chi connectivity index (χ1v) is 7.43. The SMILES string of the molecule is CC(C)c1cc(-c2ccc(C(F)(F)F)c(F)c2)nn2cc(C=O)nc12. The van der Waals surface area contributed by atoms with E-state index in [1.54, 1.807) is 6.07 Å².